The average Bonchev–Trinajstić information content (AvgIpc) is 3.01. The van der Waals surface area contributed by atoms with Gasteiger partial charge in [-0.25, -0.2) is 4.99 Å². The van der Waals surface area contributed by atoms with Crippen LogP contribution in [-0.2, 0) is 15.0 Å². The lowest BCUT2D eigenvalue weighted by molar-refractivity contribution is -0.136. The van der Waals surface area contributed by atoms with Crippen molar-refractivity contribution in [1.82, 2.24) is 9.80 Å². The molecule has 0 radical (unpaired) electrons. The summed E-state index contributed by atoms with van der Waals surface area (Å²) >= 11 is 1.78. The van der Waals surface area contributed by atoms with Crippen LogP contribution in [0.3, 0.4) is 0 Å². The molecule has 1 aliphatic heterocycles. The second-order valence-electron chi connectivity index (χ2n) is 8.68. The minimum Gasteiger partial charge on any atom is -0.503 e. The topological polar surface area (TPSA) is 99.2 Å². The minimum atomic E-state index is -0.639. The average molecular weight is 449 g/mol. The normalized spacial score (nSPS) is 22.0. The number of aryl methyl sites for hydroxylation is 1. The number of aliphatic hydroxyl groups is 1. The van der Waals surface area contributed by atoms with Gasteiger partial charge in [0.15, 0.2) is 5.76 Å². The quantitative estimate of drug-likeness (QED) is 0.318. The number of likely N-dealkylation sites (N-methyl/N-ethyl adjacent to an activating group) is 2. The maximum absolute atomic E-state index is 11.4. The van der Waals surface area contributed by atoms with Gasteiger partial charge in [-0.3, -0.25) is 14.5 Å². The van der Waals surface area contributed by atoms with Gasteiger partial charge < -0.3 is 15.7 Å². The molecule has 8 heteroatoms. The molecule has 3 N–H and O–H groups in total. The van der Waals surface area contributed by atoms with Crippen molar-refractivity contribution in [1.29, 1.82) is 0 Å². The SMILES string of the molecule is C=C(O)C(=O)N=CCC1(c2csc(C)c2)CCCCCC1.CN1CC(=O)N(C)C(N)C1. The highest BCUT2D eigenvalue weighted by Gasteiger charge is 2.32. The predicted molar refractivity (Wildman–Crippen MR) is 127 cm³/mol. The van der Waals surface area contributed by atoms with Crippen LogP contribution >= 0.6 is 11.3 Å². The summed E-state index contributed by atoms with van der Waals surface area (Å²) in [5.41, 5.74) is 7.10. The Bertz CT molecular complexity index is 796. The number of rotatable bonds is 4. The Kier molecular flexibility index (Phi) is 9.40. The summed E-state index contributed by atoms with van der Waals surface area (Å²) in [6, 6.07) is 2.27. The number of thiophene rings is 1. The van der Waals surface area contributed by atoms with Crippen molar-refractivity contribution in [3.63, 3.8) is 0 Å². The van der Waals surface area contributed by atoms with Gasteiger partial charge in [-0.1, -0.05) is 32.3 Å². The Morgan fingerprint density at radius 2 is 2.00 bits per heavy atom. The van der Waals surface area contributed by atoms with Gasteiger partial charge in [-0.2, -0.15) is 0 Å². The first-order valence-electron chi connectivity index (χ1n) is 10.8. The lowest BCUT2D eigenvalue weighted by Crippen LogP contribution is -2.57. The summed E-state index contributed by atoms with van der Waals surface area (Å²) in [5.74, 6) is -1.03. The molecular weight excluding hydrogens is 412 g/mol. The number of aliphatic hydroxyl groups excluding tert-OH is 1. The number of hydrogen-bond donors (Lipinski definition) is 2. The molecule has 31 heavy (non-hydrogen) atoms. The van der Waals surface area contributed by atoms with Crippen molar-refractivity contribution in [3.05, 3.63) is 34.2 Å². The summed E-state index contributed by atoms with van der Waals surface area (Å²) in [6.07, 6.45) is 9.60. The van der Waals surface area contributed by atoms with Crippen LogP contribution in [0.25, 0.3) is 0 Å². The highest BCUT2D eigenvalue weighted by atomic mass is 32.1. The first-order valence-corrected chi connectivity index (χ1v) is 11.7. The number of carbonyl (C=O) groups excluding carboxylic acids is 2. The Morgan fingerprint density at radius 1 is 1.35 bits per heavy atom. The van der Waals surface area contributed by atoms with Gasteiger partial charge in [0.25, 0.3) is 0 Å². The Balaban J connectivity index is 0.000000285. The summed E-state index contributed by atoms with van der Waals surface area (Å²) < 4.78 is 0. The van der Waals surface area contributed by atoms with Crippen LogP contribution in [0, 0.1) is 6.92 Å². The van der Waals surface area contributed by atoms with Gasteiger partial charge in [0.05, 0.1) is 12.7 Å². The van der Waals surface area contributed by atoms with Crippen molar-refractivity contribution < 1.29 is 14.7 Å². The highest BCUT2D eigenvalue weighted by Crippen LogP contribution is 2.42. The van der Waals surface area contributed by atoms with E-state index in [4.69, 9.17) is 10.8 Å². The number of hydrogen-bond acceptors (Lipinski definition) is 6. The van der Waals surface area contributed by atoms with Gasteiger partial charge in [0.1, 0.15) is 0 Å². The van der Waals surface area contributed by atoms with E-state index in [1.807, 2.05) is 11.9 Å². The van der Waals surface area contributed by atoms with E-state index in [2.05, 4.69) is 29.9 Å². The van der Waals surface area contributed by atoms with Gasteiger partial charge >= 0.3 is 5.91 Å². The molecule has 3 rings (SSSR count). The monoisotopic (exact) mass is 448 g/mol. The highest BCUT2D eigenvalue weighted by molar-refractivity contribution is 7.10. The molecule has 1 saturated heterocycles. The van der Waals surface area contributed by atoms with E-state index >= 15 is 0 Å². The standard InChI is InChI=1S/C17H23NO2S.C6H13N3O/c1-13-11-15(12-21-13)17(7-5-3-4-6-8-17)9-10-18-16(20)14(2)19;1-8-3-5(7)9(2)6(10)4-8/h10-12,19H,2-9H2,1H3;5H,3-4,7H2,1-2H3. The second-order valence-corrected chi connectivity index (χ2v) is 9.79. The maximum atomic E-state index is 11.4. The number of amides is 2. The zero-order chi connectivity index (χ0) is 23.0. The van der Waals surface area contributed by atoms with Crippen LogP contribution in [0.1, 0.15) is 55.4 Å². The summed E-state index contributed by atoms with van der Waals surface area (Å²) in [7, 11) is 3.63. The number of nitrogens with two attached hydrogens (primary N) is 1. The predicted octanol–water partition coefficient (Wildman–Crippen LogP) is 3.38. The molecule has 172 valence electrons. The van der Waals surface area contributed by atoms with Crippen LogP contribution in [0.5, 0.6) is 0 Å². The minimum absolute atomic E-state index is 0.0984. The fourth-order valence-corrected chi connectivity index (χ4v) is 4.97. The Hall–Kier alpha value is -2.03. The van der Waals surface area contributed by atoms with Gasteiger partial charge in [0, 0.05) is 30.1 Å². The number of nitrogens with zero attached hydrogens (tertiary/aromatic N) is 3. The van der Waals surface area contributed by atoms with Crippen LogP contribution in [0.15, 0.2) is 28.8 Å². The van der Waals surface area contributed by atoms with Crippen molar-refractivity contribution in [2.24, 2.45) is 10.7 Å². The van der Waals surface area contributed by atoms with Crippen LogP contribution < -0.4 is 5.73 Å². The molecule has 1 atom stereocenters. The largest absolute Gasteiger partial charge is 0.503 e. The molecule has 2 aliphatic rings. The van der Waals surface area contributed by atoms with Crippen LogP contribution in [-0.4, -0.2) is 66.3 Å². The smallest absolute Gasteiger partial charge is 0.310 e. The van der Waals surface area contributed by atoms with E-state index in [9.17, 15) is 9.59 Å². The molecule has 0 bridgehead atoms. The molecule has 2 fully saturated rings. The number of piperazine rings is 1. The Morgan fingerprint density at radius 3 is 2.52 bits per heavy atom. The zero-order valence-corrected chi connectivity index (χ0v) is 19.8. The van der Waals surface area contributed by atoms with E-state index in [1.54, 1.807) is 29.5 Å². The molecule has 1 unspecified atom stereocenters. The van der Waals surface area contributed by atoms with Crippen LogP contribution in [0.2, 0.25) is 0 Å². The third-order valence-corrected chi connectivity index (χ3v) is 7.00. The van der Waals surface area contributed by atoms with Crippen molar-refractivity contribution in [3.8, 4) is 0 Å². The molecule has 1 aromatic rings. The van der Waals surface area contributed by atoms with Gasteiger partial charge in [0.2, 0.25) is 5.91 Å². The van der Waals surface area contributed by atoms with E-state index in [-0.39, 0.29) is 17.5 Å². The lowest BCUT2D eigenvalue weighted by Gasteiger charge is -2.34. The zero-order valence-electron chi connectivity index (χ0n) is 19.0. The van der Waals surface area contributed by atoms with Gasteiger partial charge in [-0.05, 0) is 50.2 Å². The van der Waals surface area contributed by atoms with Crippen molar-refractivity contribution in [2.75, 3.05) is 27.2 Å². The summed E-state index contributed by atoms with van der Waals surface area (Å²) in [6.45, 7) is 6.60. The third-order valence-electron chi connectivity index (χ3n) is 6.14. The fourth-order valence-electron chi connectivity index (χ4n) is 4.15. The second kappa shape index (κ2) is 11.5. The van der Waals surface area contributed by atoms with E-state index < -0.39 is 11.7 Å². The van der Waals surface area contributed by atoms with E-state index in [0.29, 0.717) is 6.54 Å². The first-order chi connectivity index (χ1) is 14.6. The van der Waals surface area contributed by atoms with Crippen LogP contribution in [0.4, 0.5) is 0 Å². The Labute approximate surface area is 189 Å². The van der Waals surface area contributed by atoms with Gasteiger partial charge in [-0.15, -0.1) is 11.3 Å². The number of carbonyl (C=O) groups is 2. The molecule has 1 aromatic heterocycles. The van der Waals surface area contributed by atoms with E-state index in [0.717, 1.165) is 25.8 Å². The molecule has 0 aromatic carbocycles. The number of aliphatic imine (C=N–C) groups is 1. The summed E-state index contributed by atoms with van der Waals surface area (Å²) in [5, 5.41) is 11.3. The summed E-state index contributed by atoms with van der Waals surface area (Å²) in [4.78, 5) is 31.0. The van der Waals surface area contributed by atoms with E-state index in [1.165, 1.54) is 36.1 Å². The maximum Gasteiger partial charge on any atom is 0.310 e. The molecule has 0 spiro atoms. The van der Waals surface area contributed by atoms with Crippen molar-refractivity contribution in [2.45, 2.75) is 63.5 Å². The lowest BCUT2D eigenvalue weighted by atomic mass is 9.73. The first kappa shape index (κ1) is 25.2. The molecular formula is C23H36N4O3S. The van der Waals surface area contributed by atoms with Crippen molar-refractivity contribution >= 4 is 29.4 Å². The molecule has 1 aliphatic carbocycles. The molecule has 2 heterocycles. The third kappa shape index (κ3) is 7.26. The molecule has 2 amide bonds. The molecule has 1 saturated carbocycles. The fraction of sp³-hybridized carbons (Fsp3) is 0.609. The molecule has 7 nitrogen and oxygen atoms in total.